The predicted octanol–water partition coefficient (Wildman–Crippen LogP) is 2.11. The first-order valence-corrected chi connectivity index (χ1v) is 4.59. The van der Waals surface area contributed by atoms with Crippen molar-refractivity contribution in [1.82, 2.24) is 0 Å². The van der Waals surface area contributed by atoms with E-state index in [2.05, 4.69) is 6.07 Å². The molecule has 0 spiro atoms. The van der Waals surface area contributed by atoms with Crippen molar-refractivity contribution < 1.29 is 9.47 Å². The number of nitrogens with zero attached hydrogens (tertiary/aromatic N) is 1. The van der Waals surface area contributed by atoms with Crippen molar-refractivity contribution in [2.45, 2.75) is 18.9 Å². The molecule has 1 aromatic carbocycles. The van der Waals surface area contributed by atoms with E-state index in [0.29, 0.717) is 17.1 Å². The molecule has 0 N–H and O–H groups in total. The number of para-hydroxylation sites is 1. The van der Waals surface area contributed by atoms with Crippen LogP contribution in [0.3, 0.4) is 0 Å². The molecule has 14 heavy (non-hydrogen) atoms. The van der Waals surface area contributed by atoms with Gasteiger partial charge in [-0.15, -0.1) is 0 Å². The van der Waals surface area contributed by atoms with Gasteiger partial charge in [0.25, 0.3) is 0 Å². The minimum atomic E-state index is 0.276. The molecule has 0 atom stereocenters. The van der Waals surface area contributed by atoms with E-state index in [-0.39, 0.29) is 6.10 Å². The Bertz CT molecular complexity index is 377. The van der Waals surface area contributed by atoms with Crippen LogP contribution >= 0.6 is 0 Å². The molecule has 2 rings (SSSR count). The average molecular weight is 189 g/mol. The van der Waals surface area contributed by atoms with E-state index < -0.39 is 0 Å². The monoisotopic (exact) mass is 189 g/mol. The van der Waals surface area contributed by atoms with E-state index in [4.69, 9.17) is 14.7 Å². The van der Waals surface area contributed by atoms with Gasteiger partial charge in [-0.05, 0) is 25.0 Å². The summed E-state index contributed by atoms with van der Waals surface area (Å²) in [6.07, 6.45) is 2.42. The molecule has 72 valence electrons. The smallest absolute Gasteiger partial charge is 0.179 e. The minimum Gasteiger partial charge on any atom is -0.493 e. The Morgan fingerprint density at radius 2 is 2.21 bits per heavy atom. The van der Waals surface area contributed by atoms with Crippen LogP contribution in [0.4, 0.5) is 0 Å². The summed E-state index contributed by atoms with van der Waals surface area (Å²) in [7, 11) is 1.58. The maximum atomic E-state index is 8.89. The SMILES string of the molecule is COc1cccc(C#N)c1OC1CC1. The molecule has 1 aliphatic rings. The molecule has 0 saturated heterocycles. The summed E-state index contributed by atoms with van der Waals surface area (Å²) in [6.45, 7) is 0. The molecule has 0 bridgehead atoms. The Labute approximate surface area is 82.9 Å². The fraction of sp³-hybridized carbons (Fsp3) is 0.364. The Morgan fingerprint density at radius 3 is 2.79 bits per heavy atom. The summed E-state index contributed by atoms with van der Waals surface area (Å²) in [6, 6.07) is 7.43. The lowest BCUT2D eigenvalue weighted by atomic mass is 10.2. The topological polar surface area (TPSA) is 42.2 Å². The number of benzene rings is 1. The Balaban J connectivity index is 2.35. The summed E-state index contributed by atoms with van der Waals surface area (Å²) in [4.78, 5) is 0. The van der Waals surface area contributed by atoms with Gasteiger partial charge in [-0.2, -0.15) is 5.26 Å². The summed E-state index contributed by atoms with van der Waals surface area (Å²) < 4.78 is 10.8. The zero-order chi connectivity index (χ0) is 9.97. The molecule has 1 aliphatic carbocycles. The minimum absolute atomic E-state index is 0.276. The second-order valence-corrected chi connectivity index (χ2v) is 3.27. The average Bonchev–Trinajstić information content (AvgIpc) is 3.02. The van der Waals surface area contributed by atoms with Crippen LogP contribution in [0.2, 0.25) is 0 Å². The van der Waals surface area contributed by atoms with Crippen LogP contribution in [0, 0.1) is 11.3 Å². The third-order valence-electron chi connectivity index (χ3n) is 2.13. The number of methoxy groups -OCH3 is 1. The molecule has 1 saturated carbocycles. The molecule has 3 nitrogen and oxygen atoms in total. The lowest BCUT2D eigenvalue weighted by Crippen LogP contribution is -2.00. The van der Waals surface area contributed by atoms with Crippen LogP contribution < -0.4 is 9.47 Å². The number of nitriles is 1. The molecule has 1 aromatic rings. The van der Waals surface area contributed by atoms with E-state index in [1.807, 2.05) is 0 Å². The second kappa shape index (κ2) is 3.59. The van der Waals surface area contributed by atoms with Crippen LogP contribution in [-0.2, 0) is 0 Å². The van der Waals surface area contributed by atoms with Crippen LogP contribution in [0.1, 0.15) is 18.4 Å². The first kappa shape index (κ1) is 8.89. The molecule has 3 heteroatoms. The zero-order valence-electron chi connectivity index (χ0n) is 7.99. The van der Waals surface area contributed by atoms with Gasteiger partial charge in [0.2, 0.25) is 0 Å². The van der Waals surface area contributed by atoms with Crippen molar-refractivity contribution in [3.8, 4) is 17.6 Å². The van der Waals surface area contributed by atoms with Crippen molar-refractivity contribution >= 4 is 0 Å². The van der Waals surface area contributed by atoms with E-state index >= 15 is 0 Å². The molecule has 1 fully saturated rings. The molecule has 0 unspecified atom stereocenters. The molecular weight excluding hydrogens is 178 g/mol. The Kier molecular flexibility index (Phi) is 2.28. The van der Waals surface area contributed by atoms with Gasteiger partial charge in [0.1, 0.15) is 6.07 Å². The highest BCUT2D eigenvalue weighted by molar-refractivity contribution is 5.52. The van der Waals surface area contributed by atoms with Crippen molar-refractivity contribution in [2.24, 2.45) is 0 Å². The quantitative estimate of drug-likeness (QED) is 0.731. The van der Waals surface area contributed by atoms with E-state index in [1.165, 1.54) is 0 Å². The lowest BCUT2D eigenvalue weighted by molar-refractivity contribution is 0.281. The van der Waals surface area contributed by atoms with Gasteiger partial charge < -0.3 is 9.47 Å². The zero-order valence-corrected chi connectivity index (χ0v) is 7.99. The molecule has 0 aromatic heterocycles. The second-order valence-electron chi connectivity index (χ2n) is 3.27. The number of hydrogen-bond donors (Lipinski definition) is 0. The third kappa shape index (κ3) is 1.64. The lowest BCUT2D eigenvalue weighted by Gasteiger charge is -2.10. The maximum absolute atomic E-state index is 8.89. The van der Waals surface area contributed by atoms with Crippen LogP contribution in [-0.4, -0.2) is 13.2 Å². The van der Waals surface area contributed by atoms with Gasteiger partial charge in [0, 0.05) is 0 Å². The van der Waals surface area contributed by atoms with Gasteiger partial charge in [-0.1, -0.05) is 6.07 Å². The van der Waals surface area contributed by atoms with Gasteiger partial charge in [-0.3, -0.25) is 0 Å². The molecule has 0 amide bonds. The summed E-state index contributed by atoms with van der Waals surface area (Å²) >= 11 is 0. The van der Waals surface area contributed by atoms with Crippen molar-refractivity contribution in [3.63, 3.8) is 0 Å². The van der Waals surface area contributed by atoms with E-state index in [1.54, 1.807) is 25.3 Å². The number of ether oxygens (including phenoxy) is 2. The van der Waals surface area contributed by atoms with Gasteiger partial charge >= 0.3 is 0 Å². The van der Waals surface area contributed by atoms with Gasteiger partial charge in [0.15, 0.2) is 11.5 Å². The van der Waals surface area contributed by atoms with Gasteiger partial charge in [-0.25, -0.2) is 0 Å². The van der Waals surface area contributed by atoms with Crippen LogP contribution in [0.5, 0.6) is 11.5 Å². The highest BCUT2D eigenvalue weighted by Gasteiger charge is 2.26. The maximum Gasteiger partial charge on any atom is 0.179 e. The third-order valence-corrected chi connectivity index (χ3v) is 2.13. The van der Waals surface area contributed by atoms with E-state index in [0.717, 1.165) is 12.8 Å². The predicted molar refractivity (Wildman–Crippen MR) is 51.4 cm³/mol. The first-order chi connectivity index (χ1) is 6.85. The normalized spacial score (nSPS) is 14.6. The molecule has 0 radical (unpaired) electrons. The van der Waals surface area contributed by atoms with E-state index in [9.17, 15) is 0 Å². The van der Waals surface area contributed by atoms with Crippen LogP contribution in [0.15, 0.2) is 18.2 Å². The first-order valence-electron chi connectivity index (χ1n) is 4.59. The van der Waals surface area contributed by atoms with Crippen molar-refractivity contribution in [2.75, 3.05) is 7.11 Å². The Hall–Kier alpha value is -1.69. The fourth-order valence-corrected chi connectivity index (χ4v) is 1.24. The summed E-state index contributed by atoms with van der Waals surface area (Å²) in [5, 5.41) is 8.89. The molecular formula is C11H11NO2. The highest BCUT2D eigenvalue weighted by Crippen LogP contribution is 2.35. The fourth-order valence-electron chi connectivity index (χ4n) is 1.24. The highest BCUT2D eigenvalue weighted by atomic mass is 16.5. The van der Waals surface area contributed by atoms with Crippen molar-refractivity contribution in [3.05, 3.63) is 23.8 Å². The Morgan fingerprint density at radius 1 is 1.43 bits per heavy atom. The van der Waals surface area contributed by atoms with Gasteiger partial charge in [0.05, 0.1) is 18.8 Å². The molecule has 0 heterocycles. The van der Waals surface area contributed by atoms with Crippen molar-refractivity contribution in [1.29, 1.82) is 5.26 Å². The summed E-state index contributed by atoms with van der Waals surface area (Å²) in [5.74, 6) is 1.22. The largest absolute Gasteiger partial charge is 0.493 e. The number of hydrogen-bond acceptors (Lipinski definition) is 3. The standard InChI is InChI=1S/C11H11NO2/c1-13-10-4-2-3-8(7-12)11(10)14-9-5-6-9/h2-4,9H,5-6H2,1H3. The van der Waals surface area contributed by atoms with Crippen LogP contribution in [0.25, 0.3) is 0 Å². The molecule has 0 aliphatic heterocycles. The summed E-state index contributed by atoms with van der Waals surface area (Å²) in [5.41, 5.74) is 0.538. The number of rotatable bonds is 3.